The van der Waals surface area contributed by atoms with Crippen molar-refractivity contribution in [3.63, 3.8) is 0 Å². The molecule has 0 aromatic carbocycles. The summed E-state index contributed by atoms with van der Waals surface area (Å²) in [4.78, 5) is 19.1. The largest absolute Gasteiger partial charge is 0.337 e. The lowest BCUT2D eigenvalue weighted by Crippen LogP contribution is -2.41. The Bertz CT molecular complexity index is 467. The summed E-state index contributed by atoms with van der Waals surface area (Å²) < 4.78 is 0. The number of hydrogen-bond donors (Lipinski definition) is 1. The van der Waals surface area contributed by atoms with E-state index < -0.39 is 0 Å². The van der Waals surface area contributed by atoms with Crippen LogP contribution in [0.15, 0.2) is 12.1 Å². The van der Waals surface area contributed by atoms with Crippen LogP contribution in [0, 0.1) is 13.8 Å². The van der Waals surface area contributed by atoms with Gasteiger partial charge in [0.2, 0.25) is 0 Å². The van der Waals surface area contributed by atoms with Gasteiger partial charge in [0.05, 0.1) is 11.3 Å². The summed E-state index contributed by atoms with van der Waals surface area (Å²) in [5, 5.41) is 3.47. The van der Waals surface area contributed by atoms with Gasteiger partial charge in [0.1, 0.15) is 0 Å². The molecule has 1 aromatic heterocycles. The van der Waals surface area contributed by atoms with Crippen LogP contribution >= 0.6 is 0 Å². The highest BCUT2D eigenvalue weighted by atomic mass is 16.2. The molecule has 20 heavy (non-hydrogen) atoms. The number of pyridine rings is 1. The predicted octanol–water partition coefficient (Wildman–Crippen LogP) is 2.30. The molecule has 4 heteroatoms. The Morgan fingerprint density at radius 2 is 2.25 bits per heavy atom. The van der Waals surface area contributed by atoms with E-state index in [0.717, 1.165) is 43.0 Å². The fourth-order valence-corrected chi connectivity index (χ4v) is 2.81. The van der Waals surface area contributed by atoms with Crippen molar-refractivity contribution in [3.8, 4) is 0 Å². The van der Waals surface area contributed by atoms with Gasteiger partial charge < -0.3 is 10.2 Å². The molecule has 0 radical (unpaired) electrons. The molecule has 1 amide bonds. The van der Waals surface area contributed by atoms with Crippen LogP contribution in [0.1, 0.15) is 47.9 Å². The fourth-order valence-electron chi connectivity index (χ4n) is 2.81. The third kappa shape index (κ3) is 3.57. The van der Waals surface area contributed by atoms with E-state index in [1.165, 1.54) is 12.8 Å². The second-order valence-corrected chi connectivity index (χ2v) is 5.63. The normalized spacial score (nSPS) is 18.2. The molecule has 0 aliphatic carbocycles. The SMILES string of the molecule is CCCN(CC1CCCN1)C(=O)c1ccc(C)nc1C. The molecule has 2 heterocycles. The van der Waals surface area contributed by atoms with Gasteiger partial charge in [-0.2, -0.15) is 0 Å². The van der Waals surface area contributed by atoms with Gasteiger partial charge in [-0.3, -0.25) is 9.78 Å². The van der Waals surface area contributed by atoms with Crippen LogP contribution in [0.4, 0.5) is 0 Å². The van der Waals surface area contributed by atoms with E-state index in [4.69, 9.17) is 0 Å². The Balaban J connectivity index is 2.12. The van der Waals surface area contributed by atoms with Crippen LogP contribution in [0.5, 0.6) is 0 Å². The van der Waals surface area contributed by atoms with Gasteiger partial charge in [0.25, 0.3) is 5.91 Å². The Kier molecular flexibility index (Phi) is 5.12. The van der Waals surface area contributed by atoms with Crippen LogP contribution < -0.4 is 5.32 Å². The van der Waals surface area contributed by atoms with E-state index in [9.17, 15) is 4.79 Å². The van der Waals surface area contributed by atoms with Crippen LogP contribution in [-0.2, 0) is 0 Å². The lowest BCUT2D eigenvalue weighted by atomic mass is 10.1. The lowest BCUT2D eigenvalue weighted by Gasteiger charge is -2.26. The Labute approximate surface area is 121 Å². The van der Waals surface area contributed by atoms with Crippen molar-refractivity contribution in [2.24, 2.45) is 0 Å². The van der Waals surface area contributed by atoms with Crippen molar-refractivity contribution in [2.75, 3.05) is 19.6 Å². The maximum Gasteiger partial charge on any atom is 0.255 e. The zero-order valence-corrected chi connectivity index (χ0v) is 12.8. The van der Waals surface area contributed by atoms with E-state index in [-0.39, 0.29) is 5.91 Å². The third-order valence-corrected chi connectivity index (χ3v) is 3.84. The molecule has 0 saturated carbocycles. The van der Waals surface area contributed by atoms with Crippen molar-refractivity contribution >= 4 is 5.91 Å². The van der Waals surface area contributed by atoms with E-state index >= 15 is 0 Å². The Hall–Kier alpha value is -1.42. The summed E-state index contributed by atoms with van der Waals surface area (Å²) in [6.07, 6.45) is 3.36. The van der Waals surface area contributed by atoms with Crippen LogP contribution in [0.2, 0.25) is 0 Å². The fraction of sp³-hybridized carbons (Fsp3) is 0.625. The maximum atomic E-state index is 12.7. The van der Waals surface area contributed by atoms with E-state index in [1.54, 1.807) is 0 Å². The first kappa shape index (κ1) is 15.0. The highest BCUT2D eigenvalue weighted by Crippen LogP contribution is 2.13. The minimum absolute atomic E-state index is 0.116. The molecule has 110 valence electrons. The number of rotatable bonds is 5. The van der Waals surface area contributed by atoms with Gasteiger partial charge in [-0.1, -0.05) is 6.92 Å². The summed E-state index contributed by atoms with van der Waals surface area (Å²) in [6, 6.07) is 4.27. The van der Waals surface area contributed by atoms with Gasteiger partial charge in [-0.05, 0) is 51.8 Å². The Morgan fingerprint density at radius 1 is 1.45 bits per heavy atom. The highest BCUT2D eigenvalue weighted by Gasteiger charge is 2.23. The first-order valence-corrected chi connectivity index (χ1v) is 7.58. The first-order chi connectivity index (χ1) is 9.61. The standard InChI is InChI=1S/C16H25N3O/c1-4-10-19(11-14-6-5-9-17-14)16(20)15-8-7-12(2)18-13(15)3/h7-8,14,17H,4-6,9-11H2,1-3H3. The molecule has 1 aliphatic heterocycles. The van der Waals surface area contributed by atoms with Crippen molar-refractivity contribution < 1.29 is 4.79 Å². The molecular formula is C16H25N3O. The zero-order chi connectivity index (χ0) is 14.5. The number of carbonyl (C=O) groups is 1. The average molecular weight is 275 g/mol. The molecule has 4 nitrogen and oxygen atoms in total. The number of amides is 1. The summed E-state index contributed by atoms with van der Waals surface area (Å²) in [5.41, 5.74) is 2.52. The molecule has 1 atom stereocenters. The third-order valence-electron chi connectivity index (χ3n) is 3.84. The van der Waals surface area contributed by atoms with Crippen molar-refractivity contribution in [2.45, 2.75) is 46.1 Å². The predicted molar refractivity (Wildman–Crippen MR) is 80.9 cm³/mol. The van der Waals surface area contributed by atoms with Gasteiger partial charge in [-0.15, -0.1) is 0 Å². The number of nitrogens with one attached hydrogen (secondary N) is 1. The highest BCUT2D eigenvalue weighted by molar-refractivity contribution is 5.95. The molecule has 1 unspecified atom stereocenters. The average Bonchev–Trinajstić information content (AvgIpc) is 2.90. The molecular weight excluding hydrogens is 250 g/mol. The molecule has 2 rings (SSSR count). The Morgan fingerprint density at radius 3 is 2.85 bits per heavy atom. The number of carbonyl (C=O) groups excluding carboxylic acids is 1. The second-order valence-electron chi connectivity index (χ2n) is 5.63. The topological polar surface area (TPSA) is 45.2 Å². The lowest BCUT2D eigenvalue weighted by molar-refractivity contribution is 0.0740. The summed E-state index contributed by atoms with van der Waals surface area (Å²) in [5.74, 6) is 0.116. The molecule has 0 spiro atoms. The van der Waals surface area contributed by atoms with E-state index in [2.05, 4.69) is 17.2 Å². The van der Waals surface area contributed by atoms with Gasteiger partial charge >= 0.3 is 0 Å². The molecule has 1 saturated heterocycles. The molecule has 1 aliphatic rings. The van der Waals surface area contributed by atoms with Crippen LogP contribution in [0.3, 0.4) is 0 Å². The summed E-state index contributed by atoms with van der Waals surface area (Å²) >= 11 is 0. The second kappa shape index (κ2) is 6.84. The summed E-state index contributed by atoms with van der Waals surface area (Å²) in [6.45, 7) is 8.67. The summed E-state index contributed by atoms with van der Waals surface area (Å²) in [7, 11) is 0. The van der Waals surface area contributed by atoms with Crippen molar-refractivity contribution in [3.05, 3.63) is 29.1 Å². The smallest absolute Gasteiger partial charge is 0.255 e. The molecule has 1 fully saturated rings. The zero-order valence-electron chi connectivity index (χ0n) is 12.8. The maximum absolute atomic E-state index is 12.7. The van der Waals surface area contributed by atoms with Crippen LogP contribution in [-0.4, -0.2) is 41.5 Å². The van der Waals surface area contributed by atoms with E-state index in [0.29, 0.717) is 6.04 Å². The van der Waals surface area contributed by atoms with Crippen LogP contribution in [0.25, 0.3) is 0 Å². The number of nitrogens with zero attached hydrogens (tertiary/aromatic N) is 2. The molecule has 1 aromatic rings. The van der Waals surface area contributed by atoms with E-state index in [1.807, 2.05) is 30.9 Å². The number of hydrogen-bond acceptors (Lipinski definition) is 3. The number of aromatic nitrogens is 1. The van der Waals surface area contributed by atoms with Gasteiger partial charge in [0.15, 0.2) is 0 Å². The minimum atomic E-state index is 0.116. The van der Waals surface area contributed by atoms with Crippen molar-refractivity contribution in [1.29, 1.82) is 0 Å². The first-order valence-electron chi connectivity index (χ1n) is 7.58. The number of aryl methyl sites for hydroxylation is 2. The van der Waals surface area contributed by atoms with Gasteiger partial charge in [-0.25, -0.2) is 0 Å². The molecule has 1 N–H and O–H groups in total. The monoisotopic (exact) mass is 275 g/mol. The molecule has 0 bridgehead atoms. The quantitative estimate of drug-likeness (QED) is 0.897. The van der Waals surface area contributed by atoms with Crippen molar-refractivity contribution in [1.82, 2.24) is 15.2 Å². The van der Waals surface area contributed by atoms with Gasteiger partial charge in [0, 0.05) is 24.8 Å². The minimum Gasteiger partial charge on any atom is -0.337 e.